The van der Waals surface area contributed by atoms with E-state index in [2.05, 4.69) is 85.1 Å². The molecule has 0 nitrogen and oxygen atoms in total. The van der Waals surface area contributed by atoms with E-state index in [-0.39, 0.29) is 0 Å². The number of benzene rings is 3. The van der Waals surface area contributed by atoms with Crippen molar-refractivity contribution in [3.8, 4) is 0 Å². The fourth-order valence-electron chi connectivity index (χ4n) is 2.76. The second kappa shape index (κ2) is 5.89. The summed E-state index contributed by atoms with van der Waals surface area (Å²) >= 11 is 0. The van der Waals surface area contributed by atoms with Crippen LogP contribution in [0.2, 0.25) is 0 Å². The molecule has 20 heavy (non-hydrogen) atoms. The first-order valence-corrected chi connectivity index (χ1v) is 9.08. The summed E-state index contributed by atoms with van der Waals surface area (Å²) < 4.78 is 0. The first-order valence-electron chi connectivity index (χ1n) is 7.02. The van der Waals surface area contributed by atoms with E-state index < -0.39 is 8.80 Å². The highest BCUT2D eigenvalue weighted by molar-refractivity contribution is 6.79. The zero-order valence-corrected chi connectivity index (χ0v) is 12.7. The van der Waals surface area contributed by atoms with Crippen LogP contribution < -0.4 is 5.19 Å². The smallest absolute Gasteiger partial charge is 0.0985 e. The Kier molecular flexibility index (Phi) is 3.80. The number of hydrogen-bond donors (Lipinski definition) is 0. The molecule has 1 heteroatoms. The van der Waals surface area contributed by atoms with Gasteiger partial charge in [-0.2, -0.15) is 0 Å². The van der Waals surface area contributed by atoms with Crippen molar-refractivity contribution in [2.45, 2.75) is 6.04 Å². The summed E-state index contributed by atoms with van der Waals surface area (Å²) in [5, 5.41) is 4.22. The third kappa shape index (κ3) is 2.58. The van der Waals surface area contributed by atoms with Crippen LogP contribution in [0.1, 0.15) is 5.56 Å². The minimum Gasteiger partial charge on any atom is -0.107 e. The van der Waals surface area contributed by atoms with Gasteiger partial charge in [-0.1, -0.05) is 89.2 Å². The maximum atomic E-state index is 4.10. The van der Waals surface area contributed by atoms with E-state index in [4.69, 9.17) is 0 Å². The molecule has 0 aliphatic rings. The first kappa shape index (κ1) is 12.9. The molecule has 0 bridgehead atoms. The van der Waals surface area contributed by atoms with Crippen molar-refractivity contribution in [1.82, 2.24) is 0 Å². The standard InChI is InChI=1S/C19H18Si/c1-2-20(15-16-9-4-3-5-10-16)19-14-8-12-17-11-6-7-13-18(17)19/h2-14,20H,1,15H2. The van der Waals surface area contributed by atoms with Crippen LogP contribution in [0.4, 0.5) is 0 Å². The largest absolute Gasteiger partial charge is 0.107 e. The highest BCUT2D eigenvalue weighted by atomic mass is 28.3. The van der Waals surface area contributed by atoms with Crippen molar-refractivity contribution in [2.24, 2.45) is 0 Å². The predicted molar refractivity (Wildman–Crippen MR) is 91.1 cm³/mol. The molecule has 0 aliphatic carbocycles. The Hall–Kier alpha value is -2.12. The lowest BCUT2D eigenvalue weighted by molar-refractivity contribution is 1.37. The third-order valence-corrected chi connectivity index (χ3v) is 6.59. The molecule has 1 atom stereocenters. The van der Waals surface area contributed by atoms with Crippen LogP contribution in [0.5, 0.6) is 0 Å². The Morgan fingerprint density at radius 2 is 1.50 bits per heavy atom. The van der Waals surface area contributed by atoms with E-state index in [1.54, 1.807) is 0 Å². The molecule has 0 amide bonds. The lowest BCUT2D eigenvalue weighted by atomic mass is 10.1. The molecule has 3 rings (SSSR count). The van der Waals surface area contributed by atoms with Crippen molar-refractivity contribution in [2.75, 3.05) is 0 Å². The molecule has 3 aromatic rings. The summed E-state index contributed by atoms with van der Waals surface area (Å²) in [6.45, 7) is 4.10. The van der Waals surface area contributed by atoms with Crippen LogP contribution in [-0.2, 0) is 6.04 Å². The Morgan fingerprint density at radius 1 is 0.800 bits per heavy atom. The molecule has 0 aromatic heterocycles. The van der Waals surface area contributed by atoms with Gasteiger partial charge in [0.25, 0.3) is 0 Å². The molecule has 1 unspecified atom stereocenters. The minimum atomic E-state index is -1.18. The number of rotatable bonds is 4. The molecular weight excluding hydrogens is 256 g/mol. The molecular formula is C19H18Si. The van der Waals surface area contributed by atoms with E-state index in [1.807, 2.05) is 0 Å². The lowest BCUT2D eigenvalue weighted by Gasteiger charge is -2.14. The summed E-state index contributed by atoms with van der Waals surface area (Å²) in [4.78, 5) is 0. The second-order valence-electron chi connectivity index (χ2n) is 5.10. The summed E-state index contributed by atoms with van der Waals surface area (Å²) in [5.41, 5.74) is 3.62. The van der Waals surface area contributed by atoms with Crippen LogP contribution in [0, 0.1) is 0 Å². The van der Waals surface area contributed by atoms with Crippen molar-refractivity contribution >= 4 is 24.8 Å². The normalized spacial score (nSPS) is 12.2. The molecule has 0 fully saturated rings. The Bertz CT molecular complexity index is 711. The first-order chi connectivity index (χ1) is 9.88. The molecule has 0 N–H and O–H groups in total. The number of hydrogen-bond acceptors (Lipinski definition) is 0. The average Bonchev–Trinajstić information content (AvgIpc) is 2.53. The van der Waals surface area contributed by atoms with E-state index >= 15 is 0 Å². The maximum absolute atomic E-state index is 4.10. The second-order valence-corrected chi connectivity index (χ2v) is 7.81. The lowest BCUT2D eigenvalue weighted by Crippen LogP contribution is -2.31. The highest BCUT2D eigenvalue weighted by Gasteiger charge is 2.13. The van der Waals surface area contributed by atoms with Crippen molar-refractivity contribution in [3.05, 3.63) is 90.6 Å². The van der Waals surface area contributed by atoms with Gasteiger partial charge in [0.1, 0.15) is 0 Å². The van der Waals surface area contributed by atoms with E-state index in [0.29, 0.717) is 0 Å². The van der Waals surface area contributed by atoms with Crippen LogP contribution in [0.15, 0.2) is 85.1 Å². The summed E-state index contributed by atoms with van der Waals surface area (Å²) in [5.74, 6) is 0. The average molecular weight is 274 g/mol. The molecule has 98 valence electrons. The summed E-state index contributed by atoms with van der Waals surface area (Å²) in [7, 11) is -1.18. The van der Waals surface area contributed by atoms with Crippen molar-refractivity contribution in [3.63, 3.8) is 0 Å². The third-order valence-electron chi connectivity index (χ3n) is 3.81. The Labute approximate surface area is 122 Å². The molecule has 0 saturated carbocycles. The zero-order valence-electron chi connectivity index (χ0n) is 11.5. The van der Waals surface area contributed by atoms with Gasteiger partial charge in [-0.15, -0.1) is 6.58 Å². The van der Waals surface area contributed by atoms with Gasteiger partial charge in [-0.25, -0.2) is 0 Å². The van der Waals surface area contributed by atoms with E-state index in [9.17, 15) is 0 Å². The predicted octanol–water partition coefficient (Wildman–Crippen LogP) is 3.78. The SMILES string of the molecule is C=C[SiH](Cc1ccccc1)c1cccc2ccccc12. The molecule has 0 heterocycles. The molecule has 0 spiro atoms. The minimum absolute atomic E-state index is 1.14. The van der Waals surface area contributed by atoms with Gasteiger partial charge in [-0.3, -0.25) is 0 Å². The highest BCUT2D eigenvalue weighted by Crippen LogP contribution is 2.13. The fourth-order valence-corrected chi connectivity index (χ4v) is 5.20. The van der Waals surface area contributed by atoms with Gasteiger partial charge < -0.3 is 0 Å². The Morgan fingerprint density at radius 3 is 2.30 bits per heavy atom. The van der Waals surface area contributed by atoms with Crippen molar-refractivity contribution in [1.29, 1.82) is 0 Å². The maximum Gasteiger partial charge on any atom is 0.0985 e. The van der Waals surface area contributed by atoms with Crippen LogP contribution in [0.25, 0.3) is 10.8 Å². The van der Waals surface area contributed by atoms with E-state index in [0.717, 1.165) is 6.04 Å². The zero-order chi connectivity index (χ0) is 13.8. The topological polar surface area (TPSA) is 0 Å². The van der Waals surface area contributed by atoms with Gasteiger partial charge in [0.15, 0.2) is 0 Å². The quantitative estimate of drug-likeness (QED) is 0.635. The van der Waals surface area contributed by atoms with E-state index in [1.165, 1.54) is 21.5 Å². The van der Waals surface area contributed by atoms with Crippen molar-refractivity contribution < 1.29 is 0 Å². The molecule has 0 saturated heterocycles. The van der Waals surface area contributed by atoms with Gasteiger partial charge in [-0.05, 0) is 16.8 Å². The number of fused-ring (bicyclic) bond motifs is 1. The van der Waals surface area contributed by atoms with Crippen LogP contribution >= 0.6 is 0 Å². The monoisotopic (exact) mass is 274 g/mol. The fraction of sp³-hybridized carbons (Fsp3) is 0.0526. The molecule has 0 aliphatic heterocycles. The van der Waals surface area contributed by atoms with Crippen LogP contribution in [-0.4, -0.2) is 8.80 Å². The van der Waals surface area contributed by atoms with Gasteiger partial charge >= 0.3 is 0 Å². The Balaban J connectivity index is 2.01. The molecule has 3 aromatic carbocycles. The van der Waals surface area contributed by atoms with Gasteiger partial charge in [0.2, 0.25) is 0 Å². The van der Waals surface area contributed by atoms with Gasteiger partial charge in [0, 0.05) is 0 Å². The summed E-state index contributed by atoms with van der Waals surface area (Å²) in [6.07, 6.45) is 0. The van der Waals surface area contributed by atoms with Crippen LogP contribution in [0.3, 0.4) is 0 Å². The summed E-state index contributed by atoms with van der Waals surface area (Å²) in [6, 6.07) is 27.2. The van der Waals surface area contributed by atoms with Gasteiger partial charge in [0.05, 0.1) is 8.80 Å². The molecule has 0 radical (unpaired) electrons.